The molecule has 2 amide bonds. The standard InChI is InChI=1S/C21H21F2N5O2/c1-14(13-30-2)25-20-24-11-10-19(27-20)28(18-8-6-15(22)7-9-18)21(29)26-17-5-3-4-16(23)12-17/h3-12,14H,13H2,1-2H3,(H,26,29)(H,24,25,27). The molecule has 0 aliphatic rings. The van der Waals surface area contributed by atoms with Gasteiger partial charge in [-0.3, -0.25) is 0 Å². The summed E-state index contributed by atoms with van der Waals surface area (Å²) in [5.41, 5.74) is 0.646. The van der Waals surface area contributed by atoms with Crippen LogP contribution >= 0.6 is 0 Å². The van der Waals surface area contributed by atoms with Gasteiger partial charge in [-0.1, -0.05) is 6.07 Å². The Morgan fingerprint density at radius 2 is 1.90 bits per heavy atom. The van der Waals surface area contributed by atoms with Gasteiger partial charge in [-0.05, 0) is 49.4 Å². The molecular weight excluding hydrogens is 392 g/mol. The van der Waals surface area contributed by atoms with E-state index in [1.165, 1.54) is 53.6 Å². The zero-order chi connectivity index (χ0) is 21.5. The molecule has 30 heavy (non-hydrogen) atoms. The van der Waals surface area contributed by atoms with Crippen molar-refractivity contribution in [2.45, 2.75) is 13.0 Å². The highest BCUT2D eigenvalue weighted by atomic mass is 19.1. The van der Waals surface area contributed by atoms with E-state index in [1.807, 2.05) is 6.92 Å². The normalized spacial score (nSPS) is 11.6. The first-order valence-corrected chi connectivity index (χ1v) is 9.17. The Morgan fingerprint density at radius 1 is 1.13 bits per heavy atom. The van der Waals surface area contributed by atoms with Crippen molar-refractivity contribution >= 4 is 29.2 Å². The van der Waals surface area contributed by atoms with Gasteiger partial charge < -0.3 is 15.4 Å². The molecule has 2 N–H and O–H groups in total. The number of urea groups is 1. The molecule has 0 fully saturated rings. The van der Waals surface area contributed by atoms with Crippen molar-refractivity contribution in [3.63, 3.8) is 0 Å². The summed E-state index contributed by atoms with van der Waals surface area (Å²) in [6.07, 6.45) is 1.50. The van der Waals surface area contributed by atoms with Crippen LogP contribution in [0.15, 0.2) is 60.8 Å². The minimum atomic E-state index is -0.596. The summed E-state index contributed by atoms with van der Waals surface area (Å²) in [6.45, 7) is 2.34. The lowest BCUT2D eigenvalue weighted by atomic mass is 10.2. The SMILES string of the molecule is COCC(C)Nc1nccc(N(C(=O)Nc2cccc(F)c2)c2ccc(F)cc2)n1. The van der Waals surface area contributed by atoms with Crippen molar-refractivity contribution in [3.05, 3.63) is 72.4 Å². The summed E-state index contributed by atoms with van der Waals surface area (Å²) < 4.78 is 32.0. The van der Waals surface area contributed by atoms with Crippen LogP contribution in [0.25, 0.3) is 0 Å². The van der Waals surface area contributed by atoms with E-state index in [0.717, 1.165) is 0 Å². The molecule has 0 aliphatic carbocycles. The van der Waals surface area contributed by atoms with Crippen LogP contribution in [0.3, 0.4) is 0 Å². The third-order valence-corrected chi connectivity index (χ3v) is 4.03. The van der Waals surface area contributed by atoms with Crippen molar-refractivity contribution < 1.29 is 18.3 Å². The molecule has 2 aromatic carbocycles. The molecule has 1 unspecified atom stereocenters. The van der Waals surface area contributed by atoms with Crippen LogP contribution in [0.4, 0.5) is 36.7 Å². The highest BCUT2D eigenvalue weighted by Crippen LogP contribution is 2.26. The Morgan fingerprint density at radius 3 is 2.60 bits per heavy atom. The van der Waals surface area contributed by atoms with Gasteiger partial charge in [0.15, 0.2) is 0 Å². The van der Waals surface area contributed by atoms with Crippen molar-refractivity contribution in [2.75, 3.05) is 29.3 Å². The van der Waals surface area contributed by atoms with Gasteiger partial charge in [-0.15, -0.1) is 0 Å². The lowest BCUT2D eigenvalue weighted by Gasteiger charge is -2.23. The second-order valence-electron chi connectivity index (χ2n) is 6.49. The number of hydrogen-bond acceptors (Lipinski definition) is 5. The molecule has 7 nitrogen and oxygen atoms in total. The Bertz CT molecular complexity index is 1000. The smallest absolute Gasteiger partial charge is 0.332 e. The fourth-order valence-corrected chi connectivity index (χ4v) is 2.74. The number of halogens is 2. The van der Waals surface area contributed by atoms with Crippen LogP contribution in [-0.4, -0.2) is 35.8 Å². The Kier molecular flexibility index (Phi) is 6.87. The van der Waals surface area contributed by atoms with Crippen LogP contribution in [0.1, 0.15) is 6.92 Å². The van der Waals surface area contributed by atoms with E-state index >= 15 is 0 Å². The molecule has 0 bridgehead atoms. The third-order valence-electron chi connectivity index (χ3n) is 4.03. The van der Waals surface area contributed by atoms with Gasteiger partial charge >= 0.3 is 6.03 Å². The van der Waals surface area contributed by atoms with E-state index in [1.54, 1.807) is 19.2 Å². The van der Waals surface area contributed by atoms with Crippen LogP contribution in [0.5, 0.6) is 0 Å². The average Bonchev–Trinajstić information content (AvgIpc) is 2.70. The molecule has 9 heteroatoms. The van der Waals surface area contributed by atoms with Crippen LogP contribution in [0, 0.1) is 11.6 Å². The predicted molar refractivity (Wildman–Crippen MR) is 111 cm³/mol. The number of carbonyl (C=O) groups excluding carboxylic acids is 1. The summed E-state index contributed by atoms with van der Waals surface area (Å²) >= 11 is 0. The number of anilines is 4. The summed E-state index contributed by atoms with van der Waals surface area (Å²) in [6, 6.07) is 11.8. The maximum atomic E-state index is 13.5. The van der Waals surface area contributed by atoms with E-state index in [2.05, 4.69) is 20.6 Å². The second kappa shape index (κ2) is 9.75. The highest BCUT2D eigenvalue weighted by molar-refractivity contribution is 6.06. The van der Waals surface area contributed by atoms with Gasteiger partial charge in [0.25, 0.3) is 0 Å². The minimum Gasteiger partial charge on any atom is -0.383 e. The molecule has 0 saturated heterocycles. The molecule has 0 saturated carbocycles. The van der Waals surface area contributed by atoms with Gasteiger partial charge in [-0.25, -0.2) is 23.5 Å². The number of aromatic nitrogens is 2. The molecule has 1 aromatic heterocycles. The fourth-order valence-electron chi connectivity index (χ4n) is 2.74. The van der Waals surface area contributed by atoms with E-state index in [4.69, 9.17) is 4.74 Å². The number of nitrogens with zero attached hydrogens (tertiary/aromatic N) is 3. The first-order valence-electron chi connectivity index (χ1n) is 9.17. The van der Waals surface area contributed by atoms with Gasteiger partial charge in [-0.2, -0.15) is 4.98 Å². The van der Waals surface area contributed by atoms with E-state index < -0.39 is 17.7 Å². The Labute approximate surface area is 172 Å². The molecule has 156 valence electrons. The summed E-state index contributed by atoms with van der Waals surface area (Å²) in [7, 11) is 1.59. The maximum absolute atomic E-state index is 13.5. The van der Waals surface area contributed by atoms with Crippen LogP contribution in [0.2, 0.25) is 0 Å². The zero-order valence-electron chi connectivity index (χ0n) is 16.5. The number of ether oxygens (including phenoxy) is 1. The van der Waals surface area contributed by atoms with Crippen LogP contribution in [-0.2, 0) is 4.74 Å². The predicted octanol–water partition coefficient (Wildman–Crippen LogP) is 4.57. The van der Waals surface area contributed by atoms with E-state index in [9.17, 15) is 13.6 Å². The summed E-state index contributed by atoms with van der Waals surface area (Å²) in [4.78, 5) is 22.8. The first kappa shape index (κ1) is 21.1. The zero-order valence-corrected chi connectivity index (χ0v) is 16.5. The first-order chi connectivity index (χ1) is 14.5. The molecule has 1 heterocycles. The highest BCUT2D eigenvalue weighted by Gasteiger charge is 2.21. The number of methoxy groups -OCH3 is 1. The van der Waals surface area contributed by atoms with Gasteiger partial charge in [0.1, 0.15) is 17.5 Å². The summed E-state index contributed by atoms with van der Waals surface area (Å²) in [5, 5.41) is 5.71. The number of carbonyl (C=O) groups is 1. The lowest BCUT2D eigenvalue weighted by Crippen LogP contribution is -2.32. The number of hydrogen-bond donors (Lipinski definition) is 2. The Balaban J connectivity index is 1.93. The minimum absolute atomic E-state index is 0.0642. The number of nitrogens with one attached hydrogen (secondary N) is 2. The second-order valence-corrected chi connectivity index (χ2v) is 6.49. The van der Waals surface area contributed by atoms with Crippen molar-refractivity contribution in [2.24, 2.45) is 0 Å². The largest absolute Gasteiger partial charge is 0.383 e. The fraction of sp³-hybridized carbons (Fsp3) is 0.190. The van der Waals surface area contributed by atoms with Crippen molar-refractivity contribution in [1.29, 1.82) is 0 Å². The molecular formula is C21H21F2N5O2. The molecule has 0 radical (unpaired) electrons. The topological polar surface area (TPSA) is 79.4 Å². The average molecular weight is 413 g/mol. The van der Waals surface area contributed by atoms with E-state index in [-0.39, 0.29) is 17.5 Å². The summed E-state index contributed by atoms with van der Waals surface area (Å²) in [5.74, 6) is -0.384. The van der Waals surface area contributed by atoms with Gasteiger partial charge in [0, 0.05) is 31.1 Å². The molecule has 0 aliphatic heterocycles. The molecule has 3 aromatic rings. The molecule has 3 rings (SSSR count). The van der Waals surface area contributed by atoms with Crippen molar-refractivity contribution in [1.82, 2.24) is 9.97 Å². The number of benzene rings is 2. The number of rotatable bonds is 7. The molecule has 1 atom stereocenters. The maximum Gasteiger partial charge on any atom is 0.332 e. The molecule has 0 spiro atoms. The van der Waals surface area contributed by atoms with E-state index in [0.29, 0.717) is 18.2 Å². The number of amides is 2. The quantitative estimate of drug-likeness (QED) is 0.593. The van der Waals surface area contributed by atoms with Crippen molar-refractivity contribution in [3.8, 4) is 0 Å². The Hall–Kier alpha value is -3.59. The monoisotopic (exact) mass is 413 g/mol. The van der Waals surface area contributed by atoms with Crippen LogP contribution < -0.4 is 15.5 Å². The third kappa shape index (κ3) is 5.48. The lowest BCUT2D eigenvalue weighted by molar-refractivity contribution is 0.190. The van der Waals surface area contributed by atoms with Gasteiger partial charge in [0.05, 0.1) is 12.3 Å². The van der Waals surface area contributed by atoms with Gasteiger partial charge in [0.2, 0.25) is 5.95 Å².